The van der Waals surface area contributed by atoms with Crippen LogP contribution in [0.1, 0.15) is 19.8 Å². The molecule has 1 amide bonds. The third kappa shape index (κ3) is 4.88. The van der Waals surface area contributed by atoms with E-state index in [0.29, 0.717) is 30.8 Å². The highest BCUT2D eigenvalue weighted by Gasteiger charge is 2.31. The predicted molar refractivity (Wildman–Crippen MR) is 116 cm³/mol. The van der Waals surface area contributed by atoms with Crippen LogP contribution in [0.3, 0.4) is 0 Å². The van der Waals surface area contributed by atoms with Crippen LogP contribution >= 0.6 is 11.3 Å². The number of anilines is 2. The highest BCUT2D eigenvalue weighted by atomic mass is 32.2. The lowest BCUT2D eigenvalue weighted by Crippen LogP contribution is -2.44. The van der Waals surface area contributed by atoms with Crippen LogP contribution in [0, 0.1) is 5.92 Å². The minimum absolute atomic E-state index is 0.0411. The van der Waals surface area contributed by atoms with Gasteiger partial charge in [-0.05, 0) is 38.0 Å². The molecule has 0 bridgehead atoms. The molecule has 10 heteroatoms. The van der Waals surface area contributed by atoms with Crippen molar-refractivity contribution in [1.82, 2.24) is 9.29 Å². The number of aromatic nitrogens is 1. The first-order valence-electron chi connectivity index (χ1n) is 9.48. The highest BCUT2D eigenvalue weighted by molar-refractivity contribution is 7.89. The van der Waals surface area contributed by atoms with Crippen molar-refractivity contribution in [1.29, 1.82) is 0 Å². The van der Waals surface area contributed by atoms with Gasteiger partial charge in [0.05, 0.1) is 30.2 Å². The van der Waals surface area contributed by atoms with Crippen molar-refractivity contribution in [3.8, 4) is 17.0 Å². The van der Waals surface area contributed by atoms with Crippen LogP contribution in [0.4, 0.5) is 10.8 Å². The number of carbonyl (C=O) groups is 1. The molecular formula is C19H26N4O4S2. The quantitative estimate of drug-likeness (QED) is 0.689. The zero-order valence-corrected chi connectivity index (χ0v) is 18.4. The number of benzene rings is 1. The van der Waals surface area contributed by atoms with Crippen molar-refractivity contribution in [2.45, 2.75) is 19.8 Å². The molecule has 1 aromatic heterocycles. The minimum atomic E-state index is -3.30. The molecule has 158 valence electrons. The van der Waals surface area contributed by atoms with E-state index < -0.39 is 15.9 Å². The maximum atomic E-state index is 12.9. The van der Waals surface area contributed by atoms with Crippen LogP contribution in [0.5, 0.6) is 5.75 Å². The smallest absolute Gasteiger partial charge is 0.228 e. The number of sulfonamides is 1. The van der Waals surface area contributed by atoms with Gasteiger partial charge in [0.1, 0.15) is 5.75 Å². The van der Waals surface area contributed by atoms with E-state index in [2.05, 4.69) is 15.6 Å². The number of thiazole rings is 1. The van der Waals surface area contributed by atoms with Crippen LogP contribution in [0.25, 0.3) is 11.3 Å². The first kappa shape index (κ1) is 21.5. The molecule has 1 saturated heterocycles. The molecule has 2 N–H and O–H groups in total. The Hall–Kier alpha value is -2.17. The molecule has 1 fully saturated rings. The topological polar surface area (TPSA) is 101 Å². The lowest BCUT2D eigenvalue weighted by atomic mass is 9.98. The van der Waals surface area contributed by atoms with Crippen LogP contribution in [0.2, 0.25) is 0 Å². The molecular weight excluding hydrogens is 412 g/mol. The molecule has 8 nitrogen and oxygen atoms in total. The van der Waals surface area contributed by atoms with E-state index in [4.69, 9.17) is 4.74 Å². The minimum Gasteiger partial charge on any atom is -0.495 e. The summed E-state index contributed by atoms with van der Waals surface area (Å²) >= 11 is 1.50. The standard InChI is InChI=1S/C19H26N4O4S2/c1-4-29(25,26)23-9-5-6-14(11-23)18(24)21-15-10-13(7-8-17(15)27-3)16-12-28-19(20-2)22-16/h7-8,10,12,14H,4-6,9,11H2,1-3H3,(H,20,22)(H,21,24)/t14-/m0/s1. The van der Waals surface area contributed by atoms with Crippen molar-refractivity contribution < 1.29 is 17.9 Å². The average Bonchev–Trinajstić information content (AvgIpc) is 3.23. The number of piperidine rings is 1. The molecule has 1 aromatic carbocycles. The number of hydrogen-bond donors (Lipinski definition) is 2. The second-order valence-corrected chi connectivity index (χ2v) is 9.91. The Morgan fingerprint density at radius 1 is 1.41 bits per heavy atom. The van der Waals surface area contributed by atoms with Crippen molar-refractivity contribution in [3.05, 3.63) is 23.6 Å². The number of carbonyl (C=O) groups excluding carboxylic acids is 1. The normalized spacial score (nSPS) is 17.7. The van der Waals surface area contributed by atoms with E-state index in [9.17, 15) is 13.2 Å². The van der Waals surface area contributed by atoms with E-state index in [0.717, 1.165) is 16.4 Å². The van der Waals surface area contributed by atoms with Crippen molar-refractivity contribution >= 4 is 38.1 Å². The van der Waals surface area contributed by atoms with Gasteiger partial charge in [-0.2, -0.15) is 0 Å². The predicted octanol–water partition coefficient (Wildman–Crippen LogP) is 2.86. The summed E-state index contributed by atoms with van der Waals surface area (Å²) in [6.07, 6.45) is 1.32. The summed E-state index contributed by atoms with van der Waals surface area (Å²) in [6, 6.07) is 5.51. The molecule has 0 spiro atoms. The fourth-order valence-corrected chi connectivity index (χ4v) is 5.17. The second kappa shape index (κ2) is 9.10. The highest BCUT2D eigenvalue weighted by Crippen LogP contribution is 2.33. The van der Waals surface area contributed by atoms with Gasteiger partial charge in [-0.25, -0.2) is 17.7 Å². The number of methoxy groups -OCH3 is 1. The van der Waals surface area contributed by atoms with Gasteiger partial charge < -0.3 is 15.4 Å². The molecule has 1 aliphatic heterocycles. The Kier molecular flexibility index (Phi) is 6.76. The van der Waals surface area contributed by atoms with Gasteiger partial charge in [-0.1, -0.05) is 0 Å². The Bertz CT molecular complexity index is 974. The van der Waals surface area contributed by atoms with Crippen LogP contribution < -0.4 is 15.4 Å². The lowest BCUT2D eigenvalue weighted by Gasteiger charge is -2.31. The summed E-state index contributed by atoms with van der Waals surface area (Å²) in [5, 5.41) is 8.68. The van der Waals surface area contributed by atoms with E-state index >= 15 is 0 Å². The Morgan fingerprint density at radius 2 is 2.21 bits per heavy atom. The van der Waals surface area contributed by atoms with Gasteiger partial charge in [0.2, 0.25) is 15.9 Å². The summed E-state index contributed by atoms with van der Waals surface area (Å²) in [6.45, 7) is 2.30. The second-order valence-electron chi connectivity index (χ2n) is 6.79. The van der Waals surface area contributed by atoms with E-state index in [1.54, 1.807) is 20.1 Å². The number of amides is 1. The van der Waals surface area contributed by atoms with Gasteiger partial charge in [0.25, 0.3) is 0 Å². The molecule has 0 aliphatic carbocycles. The lowest BCUT2D eigenvalue weighted by molar-refractivity contribution is -0.120. The molecule has 29 heavy (non-hydrogen) atoms. The fourth-order valence-electron chi connectivity index (χ4n) is 3.31. The van der Waals surface area contributed by atoms with Gasteiger partial charge in [0, 0.05) is 31.1 Å². The summed E-state index contributed by atoms with van der Waals surface area (Å²) in [4.78, 5) is 17.4. The Labute approximate surface area is 175 Å². The maximum absolute atomic E-state index is 12.9. The fraction of sp³-hybridized carbons (Fsp3) is 0.474. The number of ether oxygens (including phenoxy) is 1. The molecule has 2 aromatic rings. The molecule has 0 unspecified atom stereocenters. The van der Waals surface area contributed by atoms with Gasteiger partial charge >= 0.3 is 0 Å². The van der Waals surface area contributed by atoms with Crippen molar-refractivity contribution in [2.75, 3.05) is 43.6 Å². The number of nitrogens with one attached hydrogen (secondary N) is 2. The first-order chi connectivity index (χ1) is 13.9. The molecule has 3 rings (SSSR count). The number of nitrogens with zero attached hydrogens (tertiary/aromatic N) is 2. The van der Waals surface area contributed by atoms with Gasteiger partial charge in [-0.3, -0.25) is 4.79 Å². The third-order valence-corrected chi connectivity index (χ3v) is 7.69. The largest absolute Gasteiger partial charge is 0.495 e. The molecule has 0 saturated carbocycles. The number of rotatable bonds is 7. The van der Waals surface area contributed by atoms with Crippen molar-refractivity contribution in [2.24, 2.45) is 5.92 Å². The number of hydrogen-bond acceptors (Lipinski definition) is 7. The Balaban J connectivity index is 1.79. The summed E-state index contributed by atoms with van der Waals surface area (Å²) in [5.74, 6) is -0.0151. The average molecular weight is 439 g/mol. The van der Waals surface area contributed by atoms with E-state index in [-0.39, 0.29) is 18.2 Å². The van der Waals surface area contributed by atoms with Crippen molar-refractivity contribution in [3.63, 3.8) is 0 Å². The maximum Gasteiger partial charge on any atom is 0.228 e. The zero-order valence-electron chi connectivity index (χ0n) is 16.8. The van der Waals surface area contributed by atoms with Gasteiger partial charge in [-0.15, -0.1) is 11.3 Å². The summed E-state index contributed by atoms with van der Waals surface area (Å²) < 4.78 is 31.2. The molecule has 1 aliphatic rings. The third-order valence-electron chi connectivity index (χ3n) is 4.98. The zero-order chi connectivity index (χ0) is 21.0. The monoisotopic (exact) mass is 438 g/mol. The summed E-state index contributed by atoms with van der Waals surface area (Å²) in [7, 11) is 0.0577. The molecule has 1 atom stereocenters. The van der Waals surface area contributed by atoms with E-state index in [1.165, 1.54) is 15.6 Å². The Morgan fingerprint density at radius 3 is 2.86 bits per heavy atom. The van der Waals surface area contributed by atoms with E-state index in [1.807, 2.05) is 24.6 Å². The first-order valence-corrected chi connectivity index (χ1v) is 12.0. The van der Waals surface area contributed by atoms with Crippen LogP contribution in [0.15, 0.2) is 23.6 Å². The molecule has 2 heterocycles. The molecule has 0 radical (unpaired) electrons. The van der Waals surface area contributed by atoms with Crippen LogP contribution in [-0.4, -0.2) is 56.6 Å². The van der Waals surface area contributed by atoms with Crippen LogP contribution in [-0.2, 0) is 14.8 Å². The SMILES string of the molecule is CCS(=O)(=O)N1CCC[C@H](C(=O)Nc2cc(-c3csc(NC)n3)ccc2OC)C1. The van der Waals surface area contributed by atoms with Gasteiger partial charge in [0.15, 0.2) is 5.13 Å². The summed E-state index contributed by atoms with van der Waals surface area (Å²) in [5.41, 5.74) is 2.21.